The van der Waals surface area contributed by atoms with Gasteiger partial charge in [-0.05, 0) is 12.5 Å². The Balaban J connectivity index is 3.38. The van der Waals surface area contributed by atoms with Crippen molar-refractivity contribution in [1.29, 1.82) is 5.26 Å². The van der Waals surface area contributed by atoms with Crippen LogP contribution in [-0.2, 0) is 6.42 Å². The average molecular weight is 212 g/mol. The largest absolute Gasteiger partial charge is 0.504 e. The molecule has 4 heteroatoms. The maximum atomic E-state index is 9.69. The van der Waals surface area contributed by atoms with Crippen molar-refractivity contribution in [2.24, 2.45) is 0 Å². The van der Waals surface area contributed by atoms with Crippen LogP contribution in [0.2, 0.25) is 5.02 Å². The van der Waals surface area contributed by atoms with Crippen LogP contribution in [0.3, 0.4) is 0 Å². The fourth-order valence-electron chi connectivity index (χ4n) is 1.21. The van der Waals surface area contributed by atoms with Gasteiger partial charge in [-0.2, -0.15) is 5.26 Å². The lowest BCUT2D eigenvalue weighted by molar-refractivity contribution is 0.371. The lowest BCUT2D eigenvalue weighted by atomic mass is 10.0. The molecule has 0 heterocycles. The van der Waals surface area contributed by atoms with Gasteiger partial charge in [0, 0.05) is 16.7 Å². The first-order chi connectivity index (χ1) is 6.61. The Hall–Kier alpha value is -1.40. The number of nitriles is 1. The molecular formula is C10H10ClNO2. The molecule has 0 aliphatic carbocycles. The second-order valence-corrected chi connectivity index (χ2v) is 3.25. The Labute approximate surface area is 87.5 Å². The minimum atomic E-state index is -0.00375. The number of ether oxygens (including phenoxy) is 1. The monoisotopic (exact) mass is 211 g/mol. The summed E-state index contributed by atoms with van der Waals surface area (Å²) in [7, 11) is 1.44. The van der Waals surface area contributed by atoms with Gasteiger partial charge in [0.1, 0.15) is 0 Å². The van der Waals surface area contributed by atoms with Gasteiger partial charge in [0.15, 0.2) is 11.5 Å². The normalized spacial score (nSPS) is 9.57. The van der Waals surface area contributed by atoms with Crippen LogP contribution in [0.4, 0.5) is 0 Å². The first kappa shape index (κ1) is 10.7. The van der Waals surface area contributed by atoms with E-state index in [0.717, 1.165) is 0 Å². The molecule has 1 aromatic rings. The van der Waals surface area contributed by atoms with E-state index in [-0.39, 0.29) is 12.2 Å². The first-order valence-corrected chi connectivity index (χ1v) is 4.41. The predicted molar refractivity (Wildman–Crippen MR) is 53.7 cm³/mol. The highest BCUT2D eigenvalue weighted by Gasteiger charge is 2.13. The standard InChI is InChI=1S/C10H10ClNO2/c1-6-7(3-4-12)10(13)9(14-2)5-8(6)11/h5,13H,3H2,1-2H3. The Morgan fingerprint density at radius 3 is 2.79 bits per heavy atom. The summed E-state index contributed by atoms with van der Waals surface area (Å²) < 4.78 is 4.92. The Morgan fingerprint density at radius 1 is 1.64 bits per heavy atom. The van der Waals surface area contributed by atoms with Crippen LogP contribution in [-0.4, -0.2) is 12.2 Å². The highest BCUT2D eigenvalue weighted by Crippen LogP contribution is 2.36. The Bertz CT molecular complexity index is 396. The van der Waals surface area contributed by atoms with Crippen molar-refractivity contribution < 1.29 is 9.84 Å². The summed E-state index contributed by atoms with van der Waals surface area (Å²) >= 11 is 5.90. The summed E-state index contributed by atoms with van der Waals surface area (Å²) in [6.07, 6.45) is 0.120. The van der Waals surface area contributed by atoms with Crippen molar-refractivity contribution in [2.75, 3.05) is 7.11 Å². The number of halogens is 1. The summed E-state index contributed by atoms with van der Waals surface area (Å²) in [4.78, 5) is 0. The van der Waals surface area contributed by atoms with Gasteiger partial charge in [0.25, 0.3) is 0 Å². The summed E-state index contributed by atoms with van der Waals surface area (Å²) in [5.41, 5.74) is 1.24. The van der Waals surface area contributed by atoms with E-state index < -0.39 is 0 Å². The van der Waals surface area contributed by atoms with Gasteiger partial charge in [0.05, 0.1) is 19.6 Å². The number of hydrogen-bond donors (Lipinski definition) is 1. The third-order valence-electron chi connectivity index (χ3n) is 2.06. The molecule has 74 valence electrons. The van der Waals surface area contributed by atoms with Gasteiger partial charge in [-0.25, -0.2) is 0 Å². The molecule has 0 aromatic heterocycles. The van der Waals surface area contributed by atoms with Gasteiger partial charge in [-0.3, -0.25) is 0 Å². The number of phenolic OH excluding ortho intramolecular Hbond substituents is 1. The summed E-state index contributed by atoms with van der Waals surface area (Å²) in [6.45, 7) is 1.76. The van der Waals surface area contributed by atoms with E-state index in [1.165, 1.54) is 13.2 Å². The number of benzene rings is 1. The molecule has 3 nitrogen and oxygen atoms in total. The minimum Gasteiger partial charge on any atom is -0.504 e. The molecule has 0 amide bonds. The molecule has 0 bridgehead atoms. The molecule has 0 spiro atoms. The lowest BCUT2D eigenvalue weighted by Gasteiger charge is -2.11. The number of nitrogens with zero attached hydrogens (tertiary/aromatic N) is 1. The minimum absolute atomic E-state index is 0.00375. The smallest absolute Gasteiger partial charge is 0.162 e. The van der Waals surface area contributed by atoms with Crippen molar-refractivity contribution in [1.82, 2.24) is 0 Å². The van der Waals surface area contributed by atoms with Crippen LogP contribution < -0.4 is 4.74 Å². The first-order valence-electron chi connectivity index (χ1n) is 4.03. The summed E-state index contributed by atoms with van der Waals surface area (Å²) in [6, 6.07) is 3.50. The predicted octanol–water partition coefficient (Wildman–Crippen LogP) is 2.43. The van der Waals surface area contributed by atoms with Crippen LogP contribution in [0.25, 0.3) is 0 Å². The third-order valence-corrected chi connectivity index (χ3v) is 2.46. The van der Waals surface area contributed by atoms with Crippen molar-refractivity contribution in [2.45, 2.75) is 13.3 Å². The van der Waals surface area contributed by atoms with Crippen LogP contribution >= 0.6 is 11.6 Å². The second kappa shape index (κ2) is 4.21. The van der Waals surface area contributed by atoms with E-state index in [4.69, 9.17) is 21.6 Å². The fourth-order valence-corrected chi connectivity index (χ4v) is 1.43. The van der Waals surface area contributed by atoms with Gasteiger partial charge < -0.3 is 9.84 Å². The number of phenols is 1. The zero-order chi connectivity index (χ0) is 10.7. The molecular weight excluding hydrogens is 202 g/mol. The molecule has 0 aliphatic rings. The molecule has 0 unspecified atom stereocenters. The molecule has 0 aliphatic heterocycles. The van der Waals surface area contributed by atoms with E-state index in [0.29, 0.717) is 21.9 Å². The van der Waals surface area contributed by atoms with E-state index in [2.05, 4.69) is 0 Å². The van der Waals surface area contributed by atoms with E-state index in [1.54, 1.807) is 6.92 Å². The van der Waals surface area contributed by atoms with Gasteiger partial charge in [-0.1, -0.05) is 11.6 Å². The molecule has 0 saturated carbocycles. The molecule has 1 aromatic carbocycles. The quantitative estimate of drug-likeness (QED) is 0.818. The molecule has 0 atom stereocenters. The van der Waals surface area contributed by atoms with Crippen LogP contribution in [0.15, 0.2) is 6.07 Å². The molecule has 0 radical (unpaired) electrons. The van der Waals surface area contributed by atoms with Gasteiger partial charge in [0.2, 0.25) is 0 Å². The van der Waals surface area contributed by atoms with Crippen LogP contribution in [0, 0.1) is 18.3 Å². The zero-order valence-corrected chi connectivity index (χ0v) is 8.72. The van der Waals surface area contributed by atoms with Crippen molar-refractivity contribution >= 4 is 11.6 Å². The van der Waals surface area contributed by atoms with Crippen molar-refractivity contribution in [3.63, 3.8) is 0 Å². The van der Waals surface area contributed by atoms with E-state index >= 15 is 0 Å². The SMILES string of the molecule is COc1cc(Cl)c(C)c(CC#N)c1O. The van der Waals surface area contributed by atoms with Gasteiger partial charge >= 0.3 is 0 Å². The Morgan fingerprint density at radius 2 is 2.29 bits per heavy atom. The van der Waals surface area contributed by atoms with Crippen LogP contribution in [0.1, 0.15) is 11.1 Å². The number of methoxy groups -OCH3 is 1. The number of rotatable bonds is 2. The van der Waals surface area contributed by atoms with E-state index in [9.17, 15) is 5.11 Å². The topological polar surface area (TPSA) is 53.2 Å². The lowest BCUT2D eigenvalue weighted by Crippen LogP contribution is -1.93. The zero-order valence-electron chi connectivity index (χ0n) is 7.97. The molecule has 1 rings (SSSR count). The summed E-state index contributed by atoms with van der Waals surface area (Å²) in [5, 5.41) is 18.8. The summed E-state index contributed by atoms with van der Waals surface area (Å²) in [5.74, 6) is 0.293. The number of aromatic hydroxyl groups is 1. The molecule has 0 saturated heterocycles. The Kier molecular flexibility index (Phi) is 3.21. The number of hydrogen-bond acceptors (Lipinski definition) is 3. The second-order valence-electron chi connectivity index (χ2n) is 2.85. The molecule has 1 N–H and O–H groups in total. The van der Waals surface area contributed by atoms with E-state index in [1.807, 2.05) is 6.07 Å². The fraction of sp³-hybridized carbons (Fsp3) is 0.300. The van der Waals surface area contributed by atoms with Gasteiger partial charge in [-0.15, -0.1) is 0 Å². The highest BCUT2D eigenvalue weighted by atomic mass is 35.5. The third kappa shape index (κ3) is 1.75. The highest BCUT2D eigenvalue weighted by molar-refractivity contribution is 6.31. The van der Waals surface area contributed by atoms with Crippen LogP contribution in [0.5, 0.6) is 11.5 Å². The van der Waals surface area contributed by atoms with Crippen molar-refractivity contribution in [3.8, 4) is 17.6 Å². The maximum Gasteiger partial charge on any atom is 0.162 e. The molecule has 0 fully saturated rings. The van der Waals surface area contributed by atoms with Crippen molar-refractivity contribution in [3.05, 3.63) is 22.2 Å². The molecule has 14 heavy (non-hydrogen) atoms. The average Bonchev–Trinajstić information content (AvgIpc) is 2.18. The maximum absolute atomic E-state index is 9.69.